The van der Waals surface area contributed by atoms with Gasteiger partial charge in [0.15, 0.2) is 11.5 Å². The lowest BCUT2D eigenvalue weighted by Crippen LogP contribution is -2.20. The summed E-state index contributed by atoms with van der Waals surface area (Å²) in [6.07, 6.45) is 1.50. The highest BCUT2D eigenvalue weighted by Gasteiger charge is 2.14. The molecule has 0 aliphatic carbocycles. The molecule has 0 saturated carbocycles. The number of ether oxygens (including phenoxy) is 2. The van der Waals surface area contributed by atoms with Gasteiger partial charge in [0.1, 0.15) is 5.82 Å². The average Bonchev–Trinajstić information content (AvgIpc) is 2.65. The summed E-state index contributed by atoms with van der Waals surface area (Å²) in [6, 6.07) is 8.88. The summed E-state index contributed by atoms with van der Waals surface area (Å²) in [7, 11) is 0. The van der Waals surface area contributed by atoms with Gasteiger partial charge in [-0.1, -0.05) is 27.5 Å². The molecule has 0 unspecified atom stereocenters. The number of aryl methyl sites for hydroxylation is 1. The molecule has 0 aliphatic rings. The first kappa shape index (κ1) is 21.3. The molecule has 0 bridgehead atoms. The van der Waals surface area contributed by atoms with Crippen LogP contribution in [-0.2, 0) is 0 Å². The van der Waals surface area contributed by atoms with E-state index < -0.39 is 0 Å². The maximum absolute atomic E-state index is 12.9. The van der Waals surface area contributed by atoms with Crippen molar-refractivity contribution in [2.45, 2.75) is 33.8 Å². The van der Waals surface area contributed by atoms with Crippen LogP contribution in [0.2, 0.25) is 5.02 Å². The Morgan fingerprint density at radius 2 is 2.07 bits per heavy atom. The predicted molar refractivity (Wildman–Crippen MR) is 120 cm³/mol. The molecule has 3 aromatic rings. The highest BCUT2D eigenvalue weighted by atomic mass is 79.9. The predicted octanol–water partition coefficient (Wildman–Crippen LogP) is 5.19. The minimum Gasteiger partial charge on any atom is -0.490 e. The molecule has 2 aromatic carbocycles. The van der Waals surface area contributed by atoms with Crippen LogP contribution in [0.5, 0.6) is 11.5 Å². The second-order valence-corrected chi connectivity index (χ2v) is 7.93. The van der Waals surface area contributed by atoms with Gasteiger partial charge in [-0.05, 0) is 63.6 Å². The van der Waals surface area contributed by atoms with Crippen LogP contribution in [0.4, 0.5) is 0 Å². The van der Waals surface area contributed by atoms with Gasteiger partial charge in [0.25, 0.3) is 5.56 Å². The van der Waals surface area contributed by atoms with Crippen molar-refractivity contribution in [3.05, 3.63) is 61.6 Å². The van der Waals surface area contributed by atoms with E-state index in [-0.39, 0.29) is 11.7 Å². The Labute approximate surface area is 182 Å². The molecule has 0 N–H and O–H groups in total. The van der Waals surface area contributed by atoms with Crippen molar-refractivity contribution in [3.63, 3.8) is 0 Å². The molecule has 0 amide bonds. The Morgan fingerprint density at radius 1 is 1.31 bits per heavy atom. The Hall–Kier alpha value is -2.38. The van der Waals surface area contributed by atoms with Gasteiger partial charge in [-0.25, -0.2) is 4.98 Å². The van der Waals surface area contributed by atoms with Crippen molar-refractivity contribution in [1.82, 2.24) is 9.66 Å². The molecule has 0 fully saturated rings. The van der Waals surface area contributed by atoms with Crippen molar-refractivity contribution >= 4 is 44.6 Å². The smallest absolute Gasteiger partial charge is 0.282 e. The number of hydrogen-bond donors (Lipinski definition) is 0. The Bertz CT molecular complexity index is 1140. The largest absolute Gasteiger partial charge is 0.490 e. The van der Waals surface area contributed by atoms with Crippen LogP contribution < -0.4 is 15.0 Å². The van der Waals surface area contributed by atoms with Gasteiger partial charge in [-0.15, -0.1) is 0 Å². The van der Waals surface area contributed by atoms with Gasteiger partial charge in [0.2, 0.25) is 0 Å². The first-order valence-electron chi connectivity index (χ1n) is 9.16. The third-order valence-electron chi connectivity index (χ3n) is 3.98. The number of nitrogens with zero attached hydrogens (tertiary/aromatic N) is 3. The Morgan fingerprint density at radius 3 is 2.76 bits per heavy atom. The Kier molecular flexibility index (Phi) is 6.59. The van der Waals surface area contributed by atoms with Crippen molar-refractivity contribution in [1.29, 1.82) is 0 Å². The van der Waals surface area contributed by atoms with Gasteiger partial charge in [-0.2, -0.15) is 9.78 Å². The van der Waals surface area contributed by atoms with E-state index in [0.29, 0.717) is 45.4 Å². The second kappa shape index (κ2) is 8.97. The molecule has 152 valence electrons. The topological polar surface area (TPSA) is 65.7 Å². The lowest BCUT2D eigenvalue weighted by Gasteiger charge is -2.16. The first-order valence-corrected chi connectivity index (χ1v) is 10.3. The minimum atomic E-state index is -0.249. The summed E-state index contributed by atoms with van der Waals surface area (Å²) >= 11 is 9.79. The van der Waals surface area contributed by atoms with E-state index in [4.69, 9.17) is 21.1 Å². The SMILES string of the molecule is CCOc1cc(C=Nn2c(C)nc3ccc(Br)cc3c2=O)cc(Cl)c1OC(C)C. The third kappa shape index (κ3) is 4.79. The van der Waals surface area contributed by atoms with E-state index in [2.05, 4.69) is 26.0 Å². The van der Waals surface area contributed by atoms with E-state index >= 15 is 0 Å². The average molecular weight is 479 g/mol. The standard InChI is InChI=1S/C21H21BrClN3O3/c1-5-28-19-9-14(8-17(23)20(19)29-12(2)3)11-24-26-13(4)25-18-7-6-15(22)10-16(18)21(26)27/h6-12H,5H2,1-4H3. The number of rotatable bonds is 6. The zero-order valence-electron chi connectivity index (χ0n) is 16.6. The van der Waals surface area contributed by atoms with E-state index in [1.54, 1.807) is 37.4 Å². The van der Waals surface area contributed by atoms with Crippen molar-refractivity contribution in [2.24, 2.45) is 5.10 Å². The third-order valence-corrected chi connectivity index (χ3v) is 4.75. The van der Waals surface area contributed by atoms with Gasteiger partial charge >= 0.3 is 0 Å². The molecule has 3 rings (SSSR count). The maximum Gasteiger partial charge on any atom is 0.282 e. The quantitative estimate of drug-likeness (QED) is 0.457. The van der Waals surface area contributed by atoms with Crippen molar-refractivity contribution < 1.29 is 9.47 Å². The molecule has 1 heterocycles. The normalized spacial score (nSPS) is 11.6. The number of hydrogen-bond acceptors (Lipinski definition) is 5. The van der Waals surface area contributed by atoms with E-state index in [0.717, 1.165) is 4.47 Å². The number of benzene rings is 2. The van der Waals surface area contributed by atoms with E-state index in [1.807, 2.05) is 26.8 Å². The fraction of sp³-hybridized carbons (Fsp3) is 0.286. The molecule has 6 nitrogen and oxygen atoms in total. The minimum absolute atomic E-state index is 0.0459. The van der Waals surface area contributed by atoms with Crippen LogP contribution in [0.25, 0.3) is 10.9 Å². The number of aromatic nitrogens is 2. The fourth-order valence-corrected chi connectivity index (χ4v) is 3.42. The molecule has 0 spiro atoms. The van der Waals surface area contributed by atoms with Crippen molar-refractivity contribution in [3.8, 4) is 11.5 Å². The van der Waals surface area contributed by atoms with Crippen LogP contribution in [-0.4, -0.2) is 28.6 Å². The lowest BCUT2D eigenvalue weighted by molar-refractivity contribution is 0.224. The van der Waals surface area contributed by atoms with Crippen LogP contribution >= 0.6 is 27.5 Å². The zero-order valence-corrected chi connectivity index (χ0v) is 18.9. The van der Waals surface area contributed by atoms with Gasteiger partial charge < -0.3 is 9.47 Å². The van der Waals surface area contributed by atoms with Crippen molar-refractivity contribution in [2.75, 3.05) is 6.61 Å². The van der Waals surface area contributed by atoms with Gasteiger partial charge in [-0.3, -0.25) is 4.79 Å². The van der Waals surface area contributed by atoms with Crippen LogP contribution in [0.3, 0.4) is 0 Å². The monoisotopic (exact) mass is 477 g/mol. The van der Waals surface area contributed by atoms with Crippen LogP contribution in [0.15, 0.2) is 44.7 Å². The first-order chi connectivity index (χ1) is 13.8. The summed E-state index contributed by atoms with van der Waals surface area (Å²) in [5.41, 5.74) is 1.05. The molecule has 0 aliphatic heterocycles. The highest BCUT2D eigenvalue weighted by molar-refractivity contribution is 9.10. The van der Waals surface area contributed by atoms with E-state index in [9.17, 15) is 4.79 Å². The number of halogens is 2. The lowest BCUT2D eigenvalue weighted by atomic mass is 10.2. The highest BCUT2D eigenvalue weighted by Crippen LogP contribution is 2.37. The second-order valence-electron chi connectivity index (χ2n) is 6.61. The molecular weight excluding hydrogens is 458 g/mol. The van der Waals surface area contributed by atoms with Crippen LogP contribution in [0.1, 0.15) is 32.2 Å². The number of fused-ring (bicyclic) bond motifs is 1. The van der Waals surface area contributed by atoms with Gasteiger partial charge in [0, 0.05) is 4.47 Å². The molecule has 0 radical (unpaired) electrons. The molecule has 0 atom stereocenters. The summed E-state index contributed by atoms with van der Waals surface area (Å²) in [6.45, 7) is 7.92. The zero-order chi connectivity index (χ0) is 21.1. The van der Waals surface area contributed by atoms with Crippen LogP contribution in [0, 0.1) is 6.92 Å². The van der Waals surface area contributed by atoms with Gasteiger partial charge in [0.05, 0.1) is 34.9 Å². The molecule has 29 heavy (non-hydrogen) atoms. The summed E-state index contributed by atoms with van der Waals surface area (Å²) in [4.78, 5) is 17.3. The molecule has 0 saturated heterocycles. The fourth-order valence-electron chi connectivity index (χ4n) is 2.80. The summed E-state index contributed by atoms with van der Waals surface area (Å²) in [5, 5.41) is 5.23. The summed E-state index contributed by atoms with van der Waals surface area (Å²) < 4.78 is 13.5. The molecule has 1 aromatic heterocycles. The maximum atomic E-state index is 12.9. The molecule has 8 heteroatoms. The van der Waals surface area contributed by atoms with E-state index in [1.165, 1.54) is 4.68 Å². The Balaban J connectivity index is 2.05. The molecular formula is C21H21BrClN3O3. The summed E-state index contributed by atoms with van der Waals surface area (Å²) in [5.74, 6) is 1.50.